The molecule has 0 aromatic heterocycles. The number of ether oxygens (including phenoxy) is 3. The van der Waals surface area contributed by atoms with Crippen LogP contribution in [0.1, 0.15) is 31.1 Å². The van der Waals surface area contributed by atoms with Crippen molar-refractivity contribution in [3.63, 3.8) is 0 Å². The van der Waals surface area contributed by atoms with Crippen molar-refractivity contribution in [2.75, 3.05) is 18.6 Å². The zero-order chi connectivity index (χ0) is 22.5. The van der Waals surface area contributed by atoms with Gasteiger partial charge in [-0.05, 0) is 51.1 Å². The third kappa shape index (κ3) is 5.06. The fourth-order valence-electron chi connectivity index (χ4n) is 3.06. The molecule has 9 nitrogen and oxygen atoms in total. The number of methoxy groups -OCH3 is 1. The summed E-state index contributed by atoms with van der Waals surface area (Å²) < 4.78 is 16.4. The molecule has 1 heterocycles. The number of nitrogens with one attached hydrogen (secondary N) is 2. The second-order valence-corrected chi connectivity index (χ2v) is 7.19. The highest BCUT2D eigenvalue weighted by Gasteiger charge is 2.32. The van der Waals surface area contributed by atoms with Gasteiger partial charge in [0.2, 0.25) is 0 Å². The van der Waals surface area contributed by atoms with Crippen LogP contribution >= 0.6 is 0 Å². The molecule has 0 aliphatic carbocycles. The summed E-state index contributed by atoms with van der Waals surface area (Å²) in [5, 5.41) is 0. The van der Waals surface area contributed by atoms with Crippen LogP contribution in [-0.2, 0) is 9.59 Å². The Hall–Kier alpha value is -3.75. The number of hydrogen-bond acceptors (Lipinski definition) is 6. The van der Waals surface area contributed by atoms with Crippen LogP contribution in [0.15, 0.2) is 42.5 Å². The topological polar surface area (TPSA) is 106 Å². The molecule has 1 aliphatic rings. The number of carbonyl (C=O) groups is 3. The lowest BCUT2D eigenvalue weighted by Gasteiger charge is -2.32. The van der Waals surface area contributed by atoms with Crippen molar-refractivity contribution >= 4 is 23.4 Å². The normalized spacial score (nSPS) is 15.1. The number of fused-ring (bicyclic) bond motifs is 1. The smallest absolute Gasteiger partial charge is 0.269 e. The van der Waals surface area contributed by atoms with Crippen LogP contribution in [0, 0.1) is 0 Å². The highest BCUT2D eigenvalue weighted by Crippen LogP contribution is 2.33. The molecular formula is C22H25N3O6. The molecule has 3 amide bonds. The number of benzene rings is 2. The molecule has 31 heavy (non-hydrogen) atoms. The van der Waals surface area contributed by atoms with E-state index in [1.54, 1.807) is 43.3 Å². The number of anilines is 1. The van der Waals surface area contributed by atoms with Crippen molar-refractivity contribution in [2.45, 2.75) is 33.0 Å². The minimum absolute atomic E-state index is 0.0522. The third-order valence-corrected chi connectivity index (χ3v) is 4.48. The summed E-state index contributed by atoms with van der Waals surface area (Å²) in [6.45, 7) is 5.11. The van der Waals surface area contributed by atoms with Crippen LogP contribution in [0.4, 0.5) is 5.69 Å². The van der Waals surface area contributed by atoms with Crippen molar-refractivity contribution < 1.29 is 28.6 Å². The van der Waals surface area contributed by atoms with E-state index in [4.69, 9.17) is 14.2 Å². The van der Waals surface area contributed by atoms with E-state index < -0.39 is 17.9 Å². The molecule has 3 rings (SSSR count). The van der Waals surface area contributed by atoms with Crippen molar-refractivity contribution in [3.05, 3.63) is 48.0 Å². The van der Waals surface area contributed by atoms with E-state index in [1.807, 2.05) is 13.8 Å². The zero-order valence-corrected chi connectivity index (χ0v) is 17.8. The first kappa shape index (κ1) is 21.9. The van der Waals surface area contributed by atoms with Crippen LogP contribution < -0.4 is 30.0 Å². The van der Waals surface area contributed by atoms with Gasteiger partial charge in [0.05, 0.1) is 18.9 Å². The summed E-state index contributed by atoms with van der Waals surface area (Å²) in [5.41, 5.74) is 5.45. The molecule has 0 bridgehead atoms. The molecule has 1 unspecified atom stereocenters. The maximum atomic E-state index is 12.5. The molecule has 0 radical (unpaired) electrons. The molecule has 0 saturated carbocycles. The predicted octanol–water partition coefficient (Wildman–Crippen LogP) is 2.06. The summed E-state index contributed by atoms with van der Waals surface area (Å²) in [6.07, 6.45) is -0.764. The molecule has 164 valence electrons. The Morgan fingerprint density at radius 3 is 2.58 bits per heavy atom. The molecule has 2 N–H and O–H groups in total. The lowest BCUT2D eigenvalue weighted by molar-refractivity contribution is -0.128. The average molecular weight is 427 g/mol. The summed E-state index contributed by atoms with van der Waals surface area (Å²) in [5.74, 6) is -0.0103. The van der Waals surface area contributed by atoms with Gasteiger partial charge in [-0.1, -0.05) is 12.1 Å². The number of hydrogen-bond donors (Lipinski definition) is 2. The fraction of sp³-hybridized carbons (Fsp3) is 0.318. The average Bonchev–Trinajstić information content (AvgIpc) is 2.75. The largest absolute Gasteiger partial charge is 0.493 e. The quantitative estimate of drug-likeness (QED) is 0.684. The fourth-order valence-corrected chi connectivity index (χ4v) is 3.06. The first-order valence-electron chi connectivity index (χ1n) is 9.81. The monoisotopic (exact) mass is 427 g/mol. The summed E-state index contributed by atoms with van der Waals surface area (Å²) >= 11 is 0. The van der Waals surface area contributed by atoms with Crippen LogP contribution in [-0.4, -0.2) is 43.6 Å². The molecule has 2 aromatic rings. The van der Waals surface area contributed by atoms with Gasteiger partial charge in [0.1, 0.15) is 12.3 Å². The second-order valence-electron chi connectivity index (χ2n) is 7.19. The Labute approximate surface area is 180 Å². The van der Waals surface area contributed by atoms with Gasteiger partial charge in [-0.3, -0.25) is 30.1 Å². The van der Waals surface area contributed by atoms with Crippen molar-refractivity contribution in [3.8, 4) is 17.2 Å². The number of carbonyl (C=O) groups excluding carboxylic acids is 3. The van der Waals surface area contributed by atoms with Crippen LogP contribution in [0.2, 0.25) is 0 Å². The van der Waals surface area contributed by atoms with Gasteiger partial charge in [-0.15, -0.1) is 0 Å². The van der Waals surface area contributed by atoms with E-state index in [0.29, 0.717) is 22.9 Å². The SMILES string of the molecule is COc1cc(C(=O)NNC(=O)CN2C(=O)C(C)Oc3ccccc32)ccc1OC(C)C. The highest BCUT2D eigenvalue weighted by atomic mass is 16.5. The van der Waals surface area contributed by atoms with E-state index in [0.717, 1.165) is 0 Å². The number of hydrazine groups is 1. The van der Waals surface area contributed by atoms with Gasteiger partial charge in [0.25, 0.3) is 17.7 Å². The third-order valence-electron chi connectivity index (χ3n) is 4.48. The van der Waals surface area contributed by atoms with E-state index in [9.17, 15) is 14.4 Å². The van der Waals surface area contributed by atoms with Crippen molar-refractivity contribution in [1.82, 2.24) is 10.9 Å². The Morgan fingerprint density at radius 1 is 1.13 bits per heavy atom. The van der Waals surface area contributed by atoms with Crippen molar-refractivity contribution in [1.29, 1.82) is 0 Å². The zero-order valence-electron chi connectivity index (χ0n) is 17.8. The second kappa shape index (κ2) is 9.38. The van der Waals surface area contributed by atoms with Crippen molar-refractivity contribution in [2.24, 2.45) is 0 Å². The van der Waals surface area contributed by atoms with Crippen LogP contribution in [0.3, 0.4) is 0 Å². The number of amides is 3. The van der Waals surface area contributed by atoms with Gasteiger partial charge in [0.15, 0.2) is 17.6 Å². The highest BCUT2D eigenvalue weighted by molar-refractivity contribution is 6.04. The van der Waals surface area contributed by atoms with Gasteiger partial charge in [-0.25, -0.2) is 0 Å². The van der Waals surface area contributed by atoms with E-state index >= 15 is 0 Å². The van der Waals surface area contributed by atoms with Crippen LogP contribution in [0.5, 0.6) is 17.2 Å². The Balaban J connectivity index is 1.63. The van der Waals surface area contributed by atoms with E-state index in [2.05, 4.69) is 10.9 Å². The maximum Gasteiger partial charge on any atom is 0.269 e. The van der Waals surface area contributed by atoms with Gasteiger partial charge < -0.3 is 14.2 Å². The molecule has 1 aliphatic heterocycles. The van der Waals surface area contributed by atoms with Gasteiger partial charge in [0, 0.05) is 5.56 Å². The maximum absolute atomic E-state index is 12.5. The predicted molar refractivity (Wildman–Crippen MR) is 113 cm³/mol. The van der Waals surface area contributed by atoms with Gasteiger partial charge >= 0.3 is 0 Å². The summed E-state index contributed by atoms with van der Waals surface area (Å²) in [7, 11) is 1.48. The first-order valence-corrected chi connectivity index (χ1v) is 9.81. The Kier molecular flexibility index (Phi) is 6.64. The standard InChI is InChI=1S/C22H25N3O6/c1-13(2)30-18-10-9-15(11-19(18)29-4)21(27)24-23-20(26)12-25-16-7-5-6-8-17(16)31-14(3)22(25)28/h5-11,13-14H,12H2,1-4H3,(H,23,26)(H,24,27). The molecule has 0 spiro atoms. The number of nitrogens with zero attached hydrogens (tertiary/aromatic N) is 1. The minimum atomic E-state index is -0.712. The minimum Gasteiger partial charge on any atom is -0.493 e. The number of para-hydroxylation sites is 2. The van der Waals surface area contributed by atoms with Gasteiger partial charge in [-0.2, -0.15) is 0 Å². The Bertz CT molecular complexity index is 991. The lowest BCUT2D eigenvalue weighted by Crippen LogP contribution is -2.51. The molecular weight excluding hydrogens is 402 g/mol. The van der Waals surface area contributed by atoms with E-state index in [1.165, 1.54) is 18.1 Å². The Morgan fingerprint density at radius 2 is 1.87 bits per heavy atom. The molecule has 0 saturated heterocycles. The first-order chi connectivity index (χ1) is 14.8. The molecule has 2 aromatic carbocycles. The summed E-state index contributed by atoms with van der Waals surface area (Å²) in [4.78, 5) is 38.6. The summed E-state index contributed by atoms with van der Waals surface area (Å²) in [6, 6.07) is 11.7. The molecule has 9 heteroatoms. The van der Waals surface area contributed by atoms with Crippen LogP contribution in [0.25, 0.3) is 0 Å². The number of rotatable bonds is 6. The lowest BCUT2D eigenvalue weighted by atomic mass is 10.2. The molecule has 1 atom stereocenters. The molecule has 0 fully saturated rings. The van der Waals surface area contributed by atoms with E-state index in [-0.39, 0.29) is 24.1 Å².